The molecule has 4 nitrogen and oxygen atoms in total. The molecule has 1 aromatic carbocycles. The first-order valence-electron chi connectivity index (χ1n) is 6.10. The van der Waals surface area contributed by atoms with E-state index in [1.807, 2.05) is 0 Å². The van der Waals surface area contributed by atoms with E-state index in [4.69, 9.17) is 5.11 Å². The minimum Gasteiger partial charge on any atom is -0.396 e. The summed E-state index contributed by atoms with van der Waals surface area (Å²) in [4.78, 5) is 11.5. The third-order valence-corrected chi connectivity index (χ3v) is 2.45. The van der Waals surface area contributed by atoms with Gasteiger partial charge in [-0.2, -0.15) is 0 Å². The van der Waals surface area contributed by atoms with Gasteiger partial charge in [-0.25, -0.2) is 4.39 Å². The highest BCUT2D eigenvalue weighted by molar-refractivity contribution is 5.92. The molecule has 1 rings (SSSR count). The number of nitrogens with one attached hydrogen (secondary N) is 2. The second-order valence-electron chi connectivity index (χ2n) is 3.99. The van der Waals surface area contributed by atoms with Crippen LogP contribution in [0.15, 0.2) is 24.3 Å². The van der Waals surface area contributed by atoms with E-state index in [-0.39, 0.29) is 24.7 Å². The average molecular weight is 254 g/mol. The Bertz CT molecular complexity index is 372. The number of unbranched alkanes of at least 4 members (excludes halogenated alkanes) is 2. The van der Waals surface area contributed by atoms with Crippen LogP contribution in [0.4, 0.5) is 10.1 Å². The van der Waals surface area contributed by atoms with E-state index in [1.165, 1.54) is 12.1 Å². The van der Waals surface area contributed by atoms with E-state index in [0.717, 1.165) is 19.3 Å². The van der Waals surface area contributed by atoms with E-state index in [1.54, 1.807) is 12.1 Å². The highest BCUT2D eigenvalue weighted by atomic mass is 19.1. The van der Waals surface area contributed by atoms with Crippen LogP contribution in [0.25, 0.3) is 0 Å². The maximum atomic E-state index is 13.2. The fourth-order valence-corrected chi connectivity index (χ4v) is 1.50. The predicted octanol–water partition coefficient (Wildman–Crippen LogP) is 1.52. The van der Waals surface area contributed by atoms with Gasteiger partial charge in [0.1, 0.15) is 5.82 Å². The first kappa shape index (κ1) is 14.6. The van der Waals surface area contributed by atoms with Crippen molar-refractivity contribution in [3.05, 3.63) is 30.1 Å². The van der Waals surface area contributed by atoms with Crippen molar-refractivity contribution in [2.24, 2.45) is 0 Å². The van der Waals surface area contributed by atoms with E-state index in [9.17, 15) is 9.18 Å². The summed E-state index contributed by atoms with van der Waals surface area (Å²) in [5.74, 6) is -0.698. The Morgan fingerprint density at radius 1 is 1.22 bits per heavy atom. The van der Waals surface area contributed by atoms with Gasteiger partial charge in [-0.15, -0.1) is 0 Å². The van der Waals surface area contributed by atoms with Crippen molar-refractivity contribution in [3.8, 4) is 0 Å². The fraction of sp³-hybridized carbons (Fsp3) is 0.462. The number of carbonyl (C=O) groups excluding carboxylic acids is 1. The first-order valence-corrected chi connectivity index (χ1v) is 6.10. The van der Waals surface area contributed by atoms with Gasteiger partial charge in [-0.3, -0.25) is 4.79 Å². The third-order valence-electron chi connectivity index (χ3n) is 2.45. The number of benzene rings is 1. The number of hydrogen-bond acceptors (Lipinski definition) is 3. The normalized spacial score (nSPS) is 10.3. The van der Waals surface area contributed by atoms with Crippen LogP contribution in [0.5, 0.6) is 0 Å². The lowest BCUT2D eigenvalue weighted by molar-refractivity contribution is -0.115. The average Bonchev–Trinajstić information content (AvgIpc) is 2.36. The molecule has 0 aliphatic carbocycles. The zero-order valence-electron chi connectivity index (χ0n) is 10.3. The van der Waals surface area contributed by atoms with Gasteiger partial charge >= 0.3 is 0 Å². The molecule has 0 saturated carbocycles. The number of aliphatic hydroxyl groups excluding tert-OH is 1. The summed E-state index contributed by atoms with van der Waals surface area (Å²) >= 11 is 0. The van der Waals surface area contributed by atoms with Gasteiger partial charge in [0.2, 0.25) is 5.91 Å². The predicted molar refractivity (Wildman–Crippen MR) is 68.8 cm³/mol. The molecule has 0 aliphatic heterocycles. The molecule has 0 unspecified atom stereocenters. The smallest absolute Gasteiger partial charge is 0.238 e. The van der Waals surface area contributed by atoms with Crippen LogP contribution in [0.3, 0.4) is 0 Å². The second kappa shape index (κ2) is 8.60. The van der Waals surface area contributed by atoms with Gasteiger partial charge in [-0.1, -0.05) is 12.1 Å². The zero-order valence-corrected chi connectivity index (χ0v) is 10.3. The molecule has 5 heteroatoms. The molecule has 0 heterocycles. The van der Waals surface area contributed by atoms with Gasteiger partial charge in [0.25, 0.3) is 0 Å². The molecule has 0 atom stereocenters. The minimum absolute atomic E-state index is 0.160. The Morgan fingerprint density at radius 2 is 2.00 bits per heavy atom. The molecule has 0 aliphatic rings. The van der Waals surface area contributed by atoms with Crippen LogP contribution >= 0.6 is 0 Å². The Balaban J connectivity index is 2.16. The highest BCUT2D eigenvalue weighted by Gasteiger charge is 2.05. The molecular formula is C13H19FN2O2. The van der Waals surface area contributed by atoms with Crippen LogP contribution in [0.2, 0.25) is 0 Å². The molecule has 0 aromatic heterocycles. The molecule has 1 aromatic rings. The first-order chi connectivity index (χ1) is 8.74. The molecule has 0 bridgehead atoms. The fourth-order valence-electron chi connectivity index (χ4n) is 1.50. The summed E-state index contributed by atoms with van der Waals surface area (Å²) in [6.45, 7) is 1.08. The van der Waals surface area contributed by atoms with Crippen molar-refractivity contribution in [1.29, 1.82) is 0 Å². The van der Waals surface area contributed by atoms with E-state index >= 15 is 0 Å². The van der Waals surface area contributed by atoms with E-state index in [0.29, 0.717) is 6.54 Å². The number of anilines is 1. The molecule has 0 radical (unpaired) electrons. The third kappa shape index (κ3) is 5.75. The van der Waals surface area contributed by atoms with E-state index in [2.05, 4.69) is 10.6 Å². The molecule has 18 heavy (non-hydrogen) atoms. The highest BCUT2D eigenvalue weighted by Crippen LogP contribution is 2.11. The molecule has 0 spiro atoms. The summed E-state index contributed by atoms with van der Waals surface area (Å²) in [5, 5.41) is 14.0. The number of carbonyl (C=O) groups is 1. The summed E-state index contributed by atoms with van der Waals surface area (Å²) in [6, 6.07) is 6.07. The van der Waals surface area contributed by atoms with Gasteiger partial charge in [0, 0.05) is 6.61 Å². The van der Waals surface area contributed by atoms with Crippen molar-refractivity contribution >= 4 is 11.6 Å². The number of rotatable bonds is 8. The largest absolute Gasteiger partial charge is 0.396 e. The van der Waals surface area contributed by atoms with Crippen molar-refractivity contribution in [2.75, 3.05) is 25.0 Å². The van der Waals surface area contributed by atoms with Crippen molar-refractivity contribution < 1.29 is 14.3 Å². The second-order valence-corrected chi connectivity index (χ2v) is 3.99. The van der Waals surface area contributed by atoms with Gasteiger partial charge in [0.15, 0.2) is 0 Å². The molecule has 0 fully saturated rings. The van der Waals surface area contributed by atoms with Gasteiger partial charge in [0.05, 0.1) is 12.2 Å². The molecular weight excluding hydrogens is 235 g/mol. The maximum Gasteiger partial charge on any atom is 0.238 e. The van der Waals surface area contributed by atoms with Crippen LogP contribution < -0.4 is 10.6 Å². The zero-order chi connectivity index (χ0) is 13.2. The summed E-state index contributed by atoms with van der Waals surface area (Å²) in [7, 11) is 0. The molecule has 1 amide bonds. The topological polar surface area (TPSA) is 61.4 Å². The Labute approximate surface area is 106 Å². The quantitative estimate of drug-likeness (QED) is 0.616. The number of para-hydroxylation sites is 1. The number of aliphatic hydroxyl groups is 1. The minimum atomic E-state index is -0.436. The Kier molecular flexibility index (Phi) is 6.98. The van der Waals surface area contributed by atoms with Crippen LogP contribution in [0.1, 0.15) is 19.3 Å². The lowest BCUT2D eigenvalue weighted by atomic mass is 10.2. The molecule has 0 saturated heterocycles. The van der Waals surface area contributed by atoms with Crippen LogP contribution in [-0.4, -0.2) is 30.7 Å². The monoisotopic (exact) mass is 254 g/mol. The Hall–Kier alpha value is -1.46. The number of halogens is 1. The summed E-state index contributed by atoms with van der Waals surface area (Å²) < 4.78 is 13.2. The van der Waals surface area contributed by atoms with Crippen molar-refractivity contribution in [3.63, 3.8) is 0 Å². The van der Waals surface area contributed by atoms with Crippen molar-refractivity contribution in [1.82, 2.24) is 5.32 Å². The van der Waals surface area contributed by atoms with Gasteiger partial charge in [-0.05, 0) is 37.9 Å². The summed E-state index contributed by atoms with van der Waals surface area (Å²) in [5.41, 5.74) is 0.199. The standard InChI is InChI=1S/C13H19FN2O2/c14-11-6-2-3-7-12(11)16-13(18)10-15-8-4-1-5-9-17/h2-3,6-7,15,17H,1,4-5,8-10H2,(H,16,18). The van der Waals surface area contributed by atoms with Gasteiger partial charge < -0.3 is 15.7 Å². The van der Waals surface area contributed by atoms with Crippen LogP contribution in [-0.2, 0) is 4.79 Å². The maximum absolute atomic E-state index is 13.2. The molecule has 100 valence electrons. The lowest BCUT2D eigenvalue weighted by Crippen LogP contribution is -2.29. The lowest BCUT2D eigenvalue weighted by Gasteiger charge is -2.07. The number of hydrogen-bond donors (Lipinski definition) is 3. The number of amides is 1. The summed E-state index contributed by atoms with van der Waals surface area (Å²) in [6.07, 6.45) is 2.62. The van der Waals surface area contributed by atoms with E-state index < -0.39 is 5.82 Å². The van der Waals surface area contributed by atoms with Crippen LogP contribution in [0, 0.1) is 5.82 Å². The van der Waals surface area contributed by atoms with Crippen molar-refractivity contribution in [2.45, 2.75) is 19.3 Å². The Morgan fingerprint density at radius 3 is 2.72 bits per heavy atom. The SMILES string of the molecule is O=C(CNCCCCCO)Nc1ccccc1F. The molecule has 3 N–H and O–H groups in total.